The van der Waals surface area contributed by atoms with E-state index in [4.69, 9.17) is 0 Å². The van der Waals surface area contributed by atoms with Crippen LogP contribution in [0.1, 0.15) is 44.5 Å². The Kier molecular flexibility index (Phi) is 8.69. The van der Waals surface area contributed by atoms with Crippen LogP contribution in [0.3, 0.4) is 0 Å². The van der Waals surface area contributed by atoms with E-state index in [2.05, 4.69) is 277 Å². The van der Waals surface area contributed by atoms with Gasteiger partial charge in [-0.3, -0.25) is 0 Å². The predicted molar refractivity (Wildman–Crippen MR) is 297 cm³/mol. The molecule has 2 heterocycles. The highest BCUT2D eigenvalue weighted by molar-refractivity contribution is 7.26. The fourth-order valence-corrected chi connectivity index (χ4v) is 14.2. The maximum absolute atomic E-state index is 2.57. The van der Waals surface area contributed by atoms with Gasteiger partial charge in [-0.25, -0.2) is 0 Å². The van der Waals surface area contributed by atoms with E-state index in [0.717, 1.165) is 22.7 Å². The van der Waals surface area contributed by atoms with E-state index in [0.29, 0.717) is 0 Å². The lowest BCUT2D eigenvalue weighted by Crippen LogP contribution is -2.36. The van der Waals surface area contributed by atoms with Crippen molar-refractivity contribution in [1.29, 1.82) is 0 Å². The molecule has 1 aromatic heterocycles. The van der Waals surface area contributed by atoms with Crippen molar-refractivity contribution in [2.45, 2.75) is 10.8 Å². The molecule has 71 heavy (non-hydrogen) atoms. The van der Waals surface area contributed by atoms with Gasteiger partial charge in [0.1, 0.15) is 0 Å². The largest absolute Gasteiger partial charge is 0.310 e. The molecule has 2 aliphatic carbocycles. The zero-order chi connectivity index (χ0) is 46.7. The lowest BCUT2D eigenvalue weighted by Gasteiger charge is -2.44. The highest BCUT2D eigenvalue weighted by Crippen LogP contribution is 2.66. The van der Waals surface area contributed by atoms with Crippen LogP contribution in [-0.4, -0.2) is 0 Å². The molecule has 0 fully saturated rings. The summed E-state index contributed by atoms with van der Waals surface area (Å²) in [6, 6.07) is 99.9. The number of benzene rings is 11. The molecule has 1 aliphatic heterocycles. The molecule has 12 aromatic rings. The monoisotopic (exact) mass is 920 g/mol. The number of hydrogen-bond donors (Lipinski definition) is 0. The SMILES string of the molecule is c1ccc(N2c3ccccc3C3(c4ccccc4)c4cc(N(c5ccc6c(c5)C(c5ccccc5)(c5ccccc5)c5ccccc5-6)c5cccc6c5sc5ccccc56)ccc4-c4cccc2c43)cc1. The minimum absolute atomic E-state index is 0.552. The topological polar surface area (TPSA) is 6.48 Å². The van der Waals surface area contributed by atoms with Gasteiger partial charge in [0.25, 0.3) is 0 Å². The van der Waals surface area contributed by atoms with Crippen molar-refractivity contribution < 1.29 is 0 Å². The average molecular weight is 921 g/mol. The van der Waals surface area contributed by atoms with Crippen molar-refractivity contribution in [3.8, 4) is 22.3 Å². The normalized spacial score (nSPS) is 15.5. The number of fused-ring (bicyclic) bond motifs is 11. The van der Waals surface area contributed by atoms with Crippen molar-refractivity contribution in [2.75, 3.05) is 9.80 Å². The second-order valence-electron chi connectivity index (χ2n) is 19.1. The molecule has 11 aromatic carbocycles. The molecule has 332 valence electrons. The van der Waals surface area contributed by atoms with Crippen molar-refractivity contribution in [1.82, 2.24) is 0 Å². The third-order valence-electron chi connectivity index (χ3n) is 15.7. The standard InChI is InChI=1S/C68H44N2S/c1-5-21-45(22-6-1)67(46-23-7-2-8-24-46)57-33-15-13-29-51(57)52-41-39-49(43-59(52)67)69(63-37-20-32-56-54-30-14-18-38-64(54)71-66(56)63)50-40-42-53-55-31-19-36-62-65(55)68(60(53)44-50,47-25-9-3-10-26-47)58-34-16-17-35-61(58)70(62)48-27-11-4-12-28-48/h1-44H. The van der Waals surface area contributed by atoms with E-state index < -0.39 is 10.8 Å². The molecule has 0 bridgehead atoms. The molecule has 1 atom stereocenters. The van der Waals surface area contributed by atoms with E-state index in [-0.39, 0.29) is 0 Å². The smallest absolute Gasteiger partial charge is 0.0755 e. The molecular weight excluding hydrogens is 877 g/mol. The van der Waals surface area contributed by atoms with Crippen LogP contribution in [-0.2, 0) is 10.8 Å². The zero-order valence-corrected chi connectivity index (χ0v) is 39.5. The van der Waals surface area contributed by atoms with Gasteiger partial charge in [-0.2, -0.15) is 0 Å². The zero-order valence-electron chi connectivity index (χ0n) is 38.7. The second kappa shape index (κ2) is 15.4. The maximum Gasteiger partial charge on any atom is 0.0755 e. The summed E-state index contributed by atoms with van der Waals surface area (Å²) in [5.74, 6) is 0. The fourth-order valence-electron chi connectivity index (χ4n) is 13.0. The summed E-state index contributed by atoms with van der Waals surface area (Å²) >= 11 is 1.88. The van der Waals surface area contributed by atoms with Crippen LogP contribution in [0, 0.1) is 0 Å². The lowest BCUT2D eigenvalue weighted by atomic mass is 9.65. The number of anilines is 6. The molecule has 3 aliphatic rings. The molecule has 0 spiro atoms. The summed E-state index contributed by atoms with van der Waals surface area (Å²) in [7, 11) is 0. The highest BCUT2D eigenvalue weighted by Gasteiger charge is 2.53. The van der Waals surface area contributed by atoms with Crippen LogP contribution in [0.5, 0.6) is 0 Å². The second-order valence-corrected chi connectivity index (χ2v) is 20.1. The van der Waals surface area contributed by atoms with E-state index in [1.54, 1.807) is 0 Å². The summed E-state index contributed by atoms with van der Waals surface area (Å²) in [5, 5.41) is 2.55. The Labute approximate surface area is 417 Å². The van der Waals surface area contributed by atoms with Crippen LogP contribution >= 0.6 is 11.3 Å². The summed E-state index contributed by atoms with van der Waals surface area (Å²) in [4.78, 5) is 5.04. The van der Waals surface area contributed by atoms with Gasteiger partial charge in [-0.05, 0) is 122 Å². The fraction of sp³-hybridized carbons (Fsp3) is 0.0294. The number of thiophene rings is 1. The van der Waals surface area contributed by atoms with Crippen molar-refractivity contribution in [3.63, 3.8) is 0 Å². The molecule has 0 saturated heterocycles. The Morgan fingerprint density at radius 2 is 0.831 bits per heavy atom. The third kappa shape index (κ3) is 5.47. The number of hydrogen-bond acceptors (Lipinski definition) is 3. The minimum Gasteiger partial charge on any atom is -0.310 e. The number of nitrogens with zero attached hydrogens (tertiary/aromatic N) is 2. The molecule has 0 saturated carbocycles. The van der Waals surface area contributed by atoms with E-state index in [1.807, 2.05) is 11.3 Å². The molecule has 0 amide bonds. The molecular formula is C68H44N2S. The van der Waals surface area contributed by atoms with Gasteiger partial charge in [0.15, 0.2) is 0 Å². The molecule has 0 radical (unpaired) electrons. The first-order chi connectivity index (χ1) is 35.2. The summed E-state index contributed by atoms with van der Waals surface area (Å²) in [6.07, 6.45) is 0. The van der Waals surface area contributed by atoms with Crippen molar-refractivity contribution in [3.05, 3.63) is 311 Å². The first kappa shape index (κ1) is 40.2. The quantitative estimate of drug-likeness (QED) is 0.157. The maximum atomic E-state index is 2.57. The van der Waals surface area contributed by atoms with Crippen molar-refractivity contribution in [2.24, 2.45) is 0 Å². The van der Waals surface area contributed by atoms with E-state index in [1.165, 1.54) is 98.3 Å². The summed E-state index contributed by atoms with van der Waals surface area (Å²) in [5.41, 5.74) is 21.1. The number of para-hydroxylation sites is 2. The van der Waals surface area contributed by atoms with Crippen LogP contribution in [0.4, 0.5) is 34.1 Å². The van der Waals surface area contributed by atoms with Gasteiger partial charge in [-0.1, -0.05) is 206 Å². The Bertz CT molecular complexity index is 4030. The molecule has 0 N–H and O–H groups in total. The Morgan fingerprint density at radius 3 is 1.54 bits per heavy atom. The first-order valence-electron chi connectivity index (χ1n) is 24.6. The van der Waals surface area contributed by atoms with Crippen LogP contribution in [0.15, 0.2) is 267 Å². The lowest BCUT2D eigenvalue weighted by molar-refractivity contribution is 0.753. The molecule has 3 heteroatoms. The Hall–Kier alpha value is -8.76. The van der Waals surface area contributed by atoms with Gasteiger partial charge >= 0.3 is 0 Å². The molecule has 2 nitrogen and oxygen atoms in total. The van der Waals surface area contributed by atoms with Gasteiger partial charge in [-0.15, -0.1) is 11.3 Å². The van der Waals surface area contributed by atoms with Gasteiger partial charge in [0.05, 0.1) is 32.6 Å². The highest BCUT2D eigenvalue weighted by atomic mass is 32.1. The van der Waals surface area contributed by atoms with E-state index in [9.17, 15) is 0 Å². The van der Waals surface area contributed by atoms with Gasteiger partial charge < -0.3 is 9.80 Å². The Balaban J connectivity index is 1.03. The van der Waals surface area contributed by atoms with Crippen LogP contribution in [0.25, 0.3) is 42.4 Å². The summed E-state index contributed by atoms with van der Waals surface area (Å²) < 4.78 is 2.55. The van der Waals surface area contributed by atoms with Crippen LogP contribution < -0.4 is 9.80 Å². The number of rotatable bonds is 7. The predicted octanol–water partition coefficient (Wildman–Crippen LogP) is 18.0. The summed E-state index contributed by atoms with van der Waals surface area (Å²) in [6.45, 7) is 0. The van der Waals surface area contributed by atoms with Crippen molar-refractivity contribution >= 4 is 65.6 Å². The van der Waals surface area contributed by atoms with Gasteiger partial charge in [0.2, 0.25) is 0 Å². The average Bonchev–Trinajstić information content (AvgIpc) is 4.08. The minimum atomic E-state index is -0.606. The van der Waals surface area contributed by atoms with Gasteiger partial charge in [0, 0.05) is 38.1 Å². The molecule has 15 rings (SSSR count). The first-order valence-corrected chi connectivity index (χ1v) is 25.4. The molecule has 1 unspecified atom stereocenters. The Morgan fingerprint density at radius 1 is 0.338 bits per heavy atom. The third-order valence-corrected chi connectivity index (χ3v) is 16.9. The van der Waals surface area contributed by atoms with E-state index >= 15 is 0 Å². The van der Waals surface area contributed by atoms with Crippen LogP contribution in [0.2, 0.25) is 0 Å².